The number of hydrogen-bond acceptors (Lipinski definition) is 3. The van der Waals surface area contributed by atoms with Crippen LogP contribution in [-0.2, 0) is 0 Å². The highest BCUT2D eigenvalue weighted by Gasteiger charge is 2.12. The third kappa shape index (κ3) is 1.67. The Kier molecular flexibility index (Phi) is 2.66. The van der Waals surface area contributed by atoms with Gasteiger partial charge in [0.15, 0.2) is 0 Å². The molecule has 5 heteroatoms. The van der Waals surface area contributed by atoms with E-state index in [-0.39, 0.29) is 5.91 Å². The molecule has 0 saturated carbocycles. The number of nitrogens with two attached hydrogens (primary N) is 1. The Hall–Kier alpha value is -1.81. The number of amides is 1. The number of aromatic nitrogens is 1. The fourth-order valence-corrected chi connectivity index (χ4v) is 1.74. The third-order valence-electron chi connectivity index (χ3n) is 2.31. The van der Waals surface area contributed by atoms with Gasteiger partial charge in [-0.3, -0.25) is 4.79 Å². The number of halogens is 1. The van der Waals surface area contributed by atoms with E-state index in [9.17, 15) is 4.79 Å². The highest BCUT2D eigenvalue weighted by atomic mass is 35.5. The number of nitrogen functional groups attached to an aromatic ring is 1. The van der Waals surface area contributed by atoms with E-state index in [0.29, 0.717) is 21.8 Å². The zero-order valence-corrected chi connectivity index (χ0v) is 9.38. The molecule has 1 amide bonds. The Morgan fingerprint density at radius 1 is 1.44 bits per heavy atom. The highest BCUT2D eigenvalue weighted by Crippen LogP contribution is 2.26. The summed E-state index contributed by atoms with van der Waals surface area (Å²) in [5.41, 5.74) is 6.58. The van der Waals surface area contributed by atoms with Crippen LogP contribution >= 0.6 is 11.6 Å². The number of nitrogens with zero attached hydrogens (tertiary/aromatic N) is 1. The number of nitrogens with one attached hydrogen (secondary N) is 1. The molecule has 0 aliphatic heterocycles. The molecular weight excluding hydrogens is 226 g/mol. The molecule has 1 aromatic heterocycles. The van der Waals surface area contributed by atoms with Crippen LogP contribution in [0, 0.1) is 0 Å². The molecule has 0 aliphatic rings. The SMILES string of the molecule is CNC(=O)c1ncc(Cl)c2ccc(N)cc12. The topological polar surface area (TPSA) is 68.0 Å². The lowest BCUT2D eigenvalue weighted by molar-refractivity contribution is 0.0960. The second-order valence-corrected chi connectivity index (χ2v) is 3.75. The van der Waals surface area contributed by atoms with Crippen molar-refractivity contribution < 1.29 is 4.79 Å². The van der Waals surface area contributed by atoms with Crippen molar-refractivity contribution in [3.63, 3.8) is 0 Å². The van der Waals surface area contributed by atoms with E-state index in [1.54, 1.807) is 25.2 Å². The van der Waals surface area contributed by atoms with Gasteiger partial charge in [-0.2, -0.15) is 0 Å². The fourth-order valence-electron chi connectivity index (χ4n) is 1.53. The standard InChI is InChI=1S/C11H10ClN3O/c1-14-11(16)10-8-4-6(13)2-3-7(8)9(12)5-15-10/h2-5H,13H2,1H3,(H,14,16). The van der Waals surface area contributed by atoms with Crippen molar-refractivity contribution in [1.29, 1.82) is 0 Å². The van der Waals surface area contributed by atoms with Crippen molar-refractivity contribution in [2.24, 2.45) is 0 Å². The van der Waals surface area contributed by atoms with Crippen LogP contribution in [0.2, 0.25) is 5.02 Å². The molecular formula is C11H10ClN3O. The minimum Gasteiger partial charge on any atom is -0.399 e. The normalized spacial score (nSPS) is 10.4. The average molecular weight is 236 g/mol. The fraction of sp³-hybridized carbons (Fsp3) is 0.0909. The molecule has 2 aromatic rings. The third-order valence-corrected chi connectivity index (χ3v) is 2.61. The summed E-state index contributed by atoms with van der Waals surface area (Å²) in [6.07, 6.45) is 1.46. The van der Waals surface area contributed by atoms with Gasteiger partial charge in [0, 0.05) is 29.7 Å². The van der Waals surface area contributed by atoms with Crippen LogP contribution in [0.15, 0.2) is 24.4 Å². The smallest absolute Gasteiger partial charge is 0.270 e. The Balaban J connectivity index is 2.80. The molecule has 0 saturated heterocycles. The van der Waals surface area contributed by atoms with E-state index in [1.807, 2.05) is 0 Å². The zero-order chi connectivity index (χ0) is 11.7. The molecule has 0 bridgehead atoms. The molecule has 2 rings (SSSR count). The van der Waals surface area contributed by atoms with Crippen molar-refractivity contribution in [3.8, 4) is 0 Å². The zero-order valence-electron chi connectivity index (χ0n) is 8.62. The van der Waals surface area contributed by atoms with Crippen LogP contribution in [0.5, 0.6) is 0 Å². The second kappa shape index (κ2) is 3.98. The number of hydrogen-bond donors (Lipinski definition) is 2. The first-order valence-corrected chi connectivity index (χ1v) is 5.07. The minimum atomic E-state index is -0.257. The summed E-state index contributed by atoms with van der Waals surface area (Å²) in [4.78, 5) is 15.6. The van der Waals surface area contributed by atoms with Gasteiger partial charge < -0.3 is 11.1 Å². The van der Waals surface area contributed by atoms with Crippen molar-refractivity contribution >= 4 is 34.0 Å². The molecule has 16 heavy (non-hydrogen) atoms. The van der Waals surface area contributed by atoms with Gasteiger partial charge in [0.1, 0.15) is 5.69 Å². The van der Waals surface area contributed by atoms with Crippen molar-refractivity contribution in [1.82, 2.24) is 10.3 Å². The Morgan fingerprint density at radius 2 is 2.19 bits per heavy atom. The summed E-state index contributed by atoms with van der Waals surface area (Å²) in [6.45, 7) is 0. The van der Waals surface area contributed by atoms with Crippen LogP contribution in [0.4, 0.5) is 5.69 Å². The summed E-state index contributed by atoms with van der Waals surface area (Å²) < 4.78 is 0. The maximum absolute atomic E-state index is 11.6. The molecule has 4 nitrogen and oxygen atoms in total. The minimum absolute atomic E-state index is 0.257. The lowest BCUT2D eigenvalue weighted by atomic mass is 10.1. The van der Waals surface area contributed by atoms with Crippen LogP contribution < -0.4 is 11.1 Å². The lowest BCUT2D eigenvalue weighted by Gasteiger charge is -2.06. The number of carbonyl (C=O) groups excluding carboxylic acids is 1. The van der Waals surface area contributed by atoms with Gasteiger partial charge in [-0.15, -0.1) is 0 Å². The molecule has 1 heterocycles. The second-order valence-electron chi connectivity index (χ2n) is 3.34. The number of benzene rings is 1. The van der Waals surface area contributed by atoms with E-state index in [0.717, 1.165) is 5.39 Å². The number of pyridine rings is 1. The van der Waals surface area contributed by atoms with Crippen LogP contribution in [0.1, 0.15) is 10.5 Å². The Morgan fingerprint density at radius 3 is 2.88 bits per heavy atom. The molecule has 0 fully saturated rings. The van der Waals surface area contributed by atoms with Gasteiger partial charge in [0.2, 0.25) is 0 Å². The Bertz CT molecular complexity index is 568. The largest absolute Gasteiger partial charge is 0.399 e. The van der Waals surface area contributed by atoms with Crippen LogP contribution in [0.25, 0.3) is 10.8 Å². The number of rotatable bonds is 1. The summed E-state index contributed by atoms with van der Waals surface area (Å²) in [5, 5.41) is 4.46. The van der Waals surface area contributed by atoms with E-state index in [4.69, 9.17) is 17.3 Å². The average Bonchev–Trinajstić information content (AvgIpc) is 2.28. The lowest BCUT2D eigenvalue weighted by Crippen LogP contribution is -2.19. The van der Waals surface area contributed by atoms with Gasteiger partial charge in [-0.05, 0) is 12.1 Å². The van der Waals surface area contributed by atoms with E-state index in [2.05, 4.69) is 10.3 Å². The number of carbonyl (C=O) groups is 1. The predicted octanol–water partition coefficient (Wildman–Crippen LogP) is 1.83. The van der Waals surface area contributed by atoms with Crippen LogP contribution in [0.3, 0.4) is 0 Å². The predicted molar refractivity (Wildman–Crippen MR) is 64.6 cm³/mol. The van der Waals surface area contributed by atoms with E-state index < -0.39 is 0 Å². The first-order chi connectivity index (χ1) is 7.63. The number of fused-ring (bicyclic) bond motifs is 1. The van der Waals surface area contributed by atoms with E-state index >= 15 is 0 Å². The maximum atomic E-state index is 11.6. The van der Waals surface area contributed by atoms with Crippen molar-refractivity contribution in [3.05, 3.63) is 35.1 Å². The molecule has 0 atom stereocenters. The van der Waals surface area contributed by atoms with Crippen molar-refractivity contribution in [2.75, 3.05) is 12.8 Å². The molecule has 0 unspecified atom stereocenters. The van der Waals surface area contributed by atoms with Crippen LogP contribution in [-0.4, -0.2) is 17.9 Å². The monoisotopic (exact) mass is 235 g/mol. The van der Waals surface area contributed by atoms with E-state index in [1.165, 1.54) is 6.20 Å². The maximum Gasteiger partial charge on any atom is 0.270 e. The molecule has 0 aliphatic carbocycles. The van der Waals surface area contributed by atoms with Gasteiger partial charge in [-0.25, -0.2) is 4.98 Å². The molecule has 3 N–H and O–H groups in total. The van der Waals surface area contributed by atoms with Gasteiger partial charge in [-0.1, -0.05) is 17.7 Å². The summed E-state index contributed by atoms with van der Waals surface area (Å²) in [7, 11) is 1.55. The first-order valence-electron chi connectivity index (χ1n) is 4.69. The molecule has 0 spiro atoms. The highest BCUT2D eigenvalue weighted by molar-refractivity contribution is 6.35. The first kappa shape index (κ1) is 10.7. The van der Waals surface area contributed by atoms with Gasteiger partial charge >= 0.3 is 0 Å². The summed E-state index contributed by atoms with van der Waals surface area (Å²) >= 11 is 5.99. The Labute approximate surface area is 97.4 Å². The quantitative estimate of drug-likeness (QED) is 0.741. The number of anilines is 1. The summed E-state index contributed by atoms with van der Waals surface area (Å²) in [6, 6.07) is 5.21. The molecule has 1 aromatic carbocycles. The molecule has 0 radical (unpaired) electrons. The summed E-state index contributed by atoms with van der Waals surface area (Å²) in [5.74, 6) is -0.257. The molecule has 82 valence electrons. The van der Waals surface area contributed by atoms with Crippen molar-refractivity contribution in [2.45, 2.75) is 0 Å². The van der Waals surface area contributed by atoms with Gasteiger partial charge in [0.05, 0.1) is 5.02 Å². The van der Waals surface area contributed by atoms with Gasteiger partial charge in [0.25, 0.3) is 5.91 Å².